The fourth-order valence-corrected chi connectivity index (χ4v) is 4.17. The zero-order chi connectivity index (χ0) is 19.3. The summed E-state index contributed by atoms with van der Waals surface area (Å²) < 4.78 is 11.3. The van der Waals surface area contributed by atoms with Crippen molar-refractivity contribution in [3.05, 3.63) is 65.8 Å². The highest BCUT2D eigenvalue weighted by atomic mass is 16.3. The molecule has 0 aliphatic heterocycles. The molecule has 142 valence electrons. The third kappa shape index (κ3) is 2.79. The SMILES string of the molecule is CN(C)C1CCc2oc3ccc(NC(=O)c4cccc5cocc45)cc3c2C1. The van der Waals surface area contributed by atoms with Crippen molar-refractivity contribution in [2.75, 3.05) is 19.4 Å². The Labute approximate surface area is 162 Å². The minimum Gasteiger partial charge on any atom is -0.471 e. The van der Waals surface area contributed by atoms with E-state index >= 15 is 0 Å². The van der Waals surface area contributed by atoms with Crippen LogP contribution in [0.15, 0.2) is 57.8 Å². The van der Waals surface area contributed by atoms with Gasteiger partial charge < -0.3 is 19.1 Å². The highest BCUT2D eigenvalue weighted by Crippen LogP contribution is 2.34. The van der Waals surface area contributed by atoms with Crippen LogP contribution in [-0.2, 0) is 12.8 Å². The van der Waals surface area contributed by atoms with Crippen LogP contribution >= 0.6 is 0 Å². The number of amides is 1. The molecule has 1 unspecified atom stereocenters. The molecule has 2 heterocycles. The monoisotopic (exact) mass is 374 g/mol. The lowest BCUT2D eigenvalue weighted by molar-refractivity contribution is 0.102. The molecular weight excluding hydrogens is 352 g/mol. The fraction of sp³-hybridized carbons (Fsp3) is 0.261. The summed E-state index contributed by atoms with van der Waals surface area (Å²) in [4.78, 5) is 15.1. The molecule has 1 atom stereocenters. The van der Waals surface area contributed by atoms with Crippen LogP contribution in [0.5, 0.6) is 0 Å². The molecule has 1 N–H and O–H groups in total. The second-order valence-electron chi connectivity index (χ2n) is 7.71. The molecule has 4 aromatic rings. The van der Waals surface area contributed by atoms with Gasteiger partial charge in [-0.15, -0.1) is 0 Å². The van der Waals surface area contributed by atoms with Crippen LogP contribution in [-0.4, -0.2) is 30.9 Å². The molecule has 0 radical (unpaired) electrons. The molecule has 2 aromatic heterocycles. The number of benzene rings is 2. The number of fused-ring (bicyclic) bond motifs is 4. The summed E-state index contributed by atoms with van der Waals surface area (Å²) >= 11 is 0. The van der Waals surface area contributed by atoms with Crippen LogP contribution in [0.25, 0.3) is 21.7 Å². The number of hydrogen-bond donors (Lipinski definition) is 1. The molecule has 1 aliphatic rings. The van der Waals surface area contributed by atoms with E-state index in [1.54, 1.807) is 12.5 Å². The largest absolute Gasteiger partial charge is 0.471 e. The smallest absolute Gasteiger partial charge is 0.256 e. The van der Waals surface area contributed by atoms with Crippen molar-refractivity contribution in [2.24, 2.45) is 0 Å². The van der Waals surface area contributed by atoms with Gasteiger partial charge in [0, 0.05) is 39.9 Å². The van der Waals surface area contributed by atoms with Crippen molar-refractivity contribution in [3.63, 3.8) is 0 Å². The Morgan fingerprint density at radius 3 is 2.89 bits per heavy atom. The number of aryl methyl sites for hydroxylation is 1. The molecule has 28 heavy (non-hydrogen) atoms. The van der Waals surface area contributed by atoms with E-state index in [4.69, 9.17) is 8.83 Å². The highest BCUT2D eigenvalue weighted by molar-refractivity contribution is 6.13. The van der Waals surface area contributed by atoms with Gasteiger partial charge in [0.2, 0.25) is 0 Å². The van der Waals surface area contributed by atoms with Gasteiger partial charge in [0.05, 0.1) is 18.1 Å². The van der Waals surface area contributed by atoms with Crippen molar-refractivity contribution < 1.29 is 13.6 Å². The molecule has 0 saturated heterocycles. The number of carbonyl (C=O) groups excluding carboxylic acids is 1. The average Bonchev–Trinajstić information content (AvgIpc) is 3.31. The second kappa shape index (κ2) is 6.53. The van der Waals surface area contributed by atoms with Crippen LogP contribution in [0, 0.1) is 0 Å². The number of carbonyl (C=O) groups is 1. The van der Waals surface area contributed by atoms with Gasteiger partial charge >= 0.3 is 0 Å². The molecule has 2 aromatic carbocycles. The lowest BCUT2D eigenvalue weighted by Gasteiger charge is -2.27. The van der Waals surface area contributed by atoms with Crippen molar-refractivity contribution in [1.82, 2.24) is 4.90 Å². The molecule has 5 rings (SSSR count). The summed E-state index contributed by atoms with van der Waals surface area (Å²) in [6.45, 7) is 0. The van der Waals surface area contributed by atoms with Crippen molar-refractivity contribution in [3.8, 4) is 0 Å². The van der Waals surface area contributed by atoms with Crippen LogP contribution < -0.4 is 5.32 Å². The Morgan fingerprint density at radius 2 is 2.04 bits per heavy atom. The Balaban J connectivity index is 1.48. The predicted molar refractivity (Wildman–Crippen MR) is 110 cm³/mol. The predicted octanol–water partition coefficient (Wildman–Crippen LogP) is 4.85. The topological polar surface area (TPSA) is 58.6 Å². The fourth-order valence-electron chi connectivity index (χ4n) is 4.17. The van der Waals surface area contributed by atoms with Crippen molar-refractivity contribution in [2.45, 2.75) is 25.3 Å². The normalized spacial score (nSPS) is 16.6. The molecule has 5 nitrogen and oxygen atoms in total. The molecular formula is C23H22N2O3. The number of furan rings is 2. The zero-order valence-corrected chi connectivity index (χ0v) is 16.0. The molecule has 1 aliphatic carbocycles. The third-order valence-corrected chi connectivity index (χ3v) is 5.77. The van der Waals surface area contributed by atoms with E-state index in [-0.39, 0.29) is 5.91 Å². The number of nitrogens with zero attached hydrogens (tertiary/aromatic N) is 1. The number of nitrogens with one attached hydrogen (secondary N) is 1. The number of anilines is 1. The summed E-state index contributed by atoms with van der Waals surface area (Å²) in [5.41, 5.74) is 3.54. The van der Waals surface area contributed by atoms with Gasteiger partial charge in [0.1, 0.15) is 11.3 Å². The van der Waals surface area contributed by atoms with Gasteiger partial charge in [-0.2, -0.15) is 0 Å². The lowest BCUT2D eigenvalue weighted by atomic mass is 9.91. The summed E-state index contributed by atoms with van der Waals surface area (Å²) in [5, 5.41) is 5.86. The van der Waals surface area contributed by atoms with Crippen molar-refractivity contribution in [1.29, 1.82) is 0 Å². The maximum Gasteiger partial charge on any atom is 0.256 e. The minimum atomic E-state index is -0.144. The summed E-state index contributed by atoms with van der Waals surface area (Å²) in [5.74, 6) is 0.939. The molecule has 1 amide bonds. The summed E-state index contributed by atoms with van der Waals surface area (Å²) in [7, 11) is 4.25. The first kappa shape index (κ1) is 17.1. The Kier molecular flexibility index (Phi) is 3.98. The number of likely N-dealkylation sites (N-methyl/N-ethyl adjacent to an activating group) is 1. The lowest BCUT2D eigenvalue weighted by Crippen LogP contribution is -2.33. The number of hydrogen-bond acceptors (Lipinski definition) is 4. The van der Waals surface area contributed by atoms with Gasteiger partial charge in [-0.25, -0.2) is 0 Å². The molecule has 0 bridgehead atoms. The van der Waals surface area contributed by atoms with Crippen molar-refractivity contribution >= 4 is 33.3 Å². The summed E-state index contributed by atoms with van der Waals surface area (Å²) in [6, 6.07) is 12.0. The molecule has 0 spiro atoms. The first-order chi connectivity index (χ1) is 13.6. The van der Waals surface area contributed by atoms with E-state index in [0.29, 0.717) is 11.6 Å². The molecule has 0 saturated carbocycles. The highest BCUT2D eigenvalue weighted by Gasteiger charge is 2.25. The Bertz CT molecular complexity index is 1190. The second-order valence-corrected chi connectivity index (χ2v) is 7.71. The van der Waals surface area contributed by atoms with Gasteiger partial charge in [-0.05, 0) is 51.2 Å². The standard InChI is InChI=1S/C23H22N2O3/c1-25(2)16-7-9-22-19(11-16)18-10-15(6-8-21(18)28-22)24-23(26)17-5-3-4-14-12-27-13-20(14)17/h3-6,8,10,12-13,16H,7,9,11H2,1-2H3,(H,24,26). The van der Waals surface area contributed by atoms with E-state index < -0.39 is 0 Å². The maximum absolute atomic E-state index is 12.8. The van der Waals surface area contributed by atoms with Gasteiger partial charge in [-0.1, -0.05) is 12.1 Å². The van der Waals surface area contributed by atoms with E-state index in [1.807, 2.05) is 36.4 Å². The van der Waals surface area contributed by atoms with E-state index in [1.165, 1.54) is 5.56 Å². The Morgan fingerprint density at radius 1 is 1.14 bits per heavy atom. The van der Waals surface area contributed by atoms with Crippen LogP contribution in [0.4, 0.5) is 5.69 Å². The van der Waals surface area contributed by atoms with Gasteiger partial charge in [0.25, 0.3) is 5.91 Å². The van der Waals surface area contributed by atoms with Crippen LogP contribution in [0.1, 0.15) is 28.1 Å². The Hall–Kier alpha value is -3.05. The van der Waals surface area contributed by atoms with Gasteiger partial charge in [0.15, 0.2) is 0 Å². The van der Waals surface area contributed by atoms with Crippen LogP contribution in [0.3, 0.4) is 0 Å². The van der Waals surface area contributed by atoms with Gasteiger partial charge in [-0.3, -0.25) is 4.79 Å². The maximum atomic E-state index is 12.8. The molecule has 0 fully saturated rings. The van der Waals surface area contributed by atoms with Crippen LogP contribution in [0.2, 0.25) is 0 Å². The third-order valence-electron chi connectivity index (χ3n) is 5.77. The number of rotatable bonds is 3. The first-order valence-corrected chi connectivity index (χ1v) is 9.57. The quantitative estimate of drug-likeness (QED) is 0.557. The minimum absolute atomic E-state index is 0.144. The van der Waals surface area contributed by atoms with E-state index in [9.17, 15) is 4.79 Å². The zero-order valence-electron chi connectivity index (χ0n) is 16.0. The molecule has 5 heteroatoms. The summed E-state index contributed by atoms with van der Waals surface area (Å²) in [6.07, 6.45) is 6.30. The van der Waals surface area contributed by atoms with E-state index in [0.717, 1.165) is 52.5 Å². The average molecular weight is 374 g/mol. The first-order valence-electron chi connectivity index (χ1n) is 9.57. The van der Waals surface area contributed by atoms with E-state index in [2.05, 4.69) is 24.3 Å².